The highest BCUT2D eigenvalue weighted by Crippen LogP contribution is 2.31. The number of rotatable bonds is 7. The molecule has 3 aromatic carbocycles. The van der Waals surface area contributed by atoms with Crippen LogP contribution in [-0.2, 0) is 4.79 Å². The zero-order valence-electron chi connectivity index (χ0n) is 18.6. The molecular weight excluding hydrogens is 479 g/mol. The van der Waals surface area contributed by atoms with Crippen molar-refractivity contribution in [1.29, 1.82) is 0 Å². The summed E-state index contributed by atoms with van der Waals surface area (Å²) < 4.78 is 43.5. The van der Waals surface area contributed by atoms with Gasteiger partial charge in [-0.15, -0.1) is 0 Å². The lowest BCUT2D eigenvalue weighted by Gasteiger charge is -2.18. The number of carbonyl (C=O) groups excluding carboxylic acids is 1. The second kappa shape index (κ2) is 9.75. The van der Waals surface area contributed by atoms with Gasteiger partial charge >= 0.3 is 5.97 Å². The molecule has 0 fully saturated rings. The molecule has 0 aliphatic carbocycles. The summed E-state index contributed by atoms with van der Waals surface area (Å²) in [6.07, 6.45) is 0. The number of hydrogen-bond acceptors (Lipinski definition) is 5. The number of carboxylic acids is 1. The molecule has 0 radical (unpaired) electrons. The molecule has 180 valence electrons. The highest BCUT2D eigenvalue weighted by Gasteiger charge is 2.25. The van der Waals surface area contributed by atoms with Crippen LogP contribution in [0.2, 0.25) is 0 Å². The Morgan fingerprint density at radius 2 is 1.63 bits per heavy atom. The van der Waals surface area contributed by atoms with Crippen molar-refractivity contribution in [3.8, 4) is 11.1 Å². The van der Waals surface area contributed by atoms with Crippen molar-refractivity contribution in [1.82, 2.24) is 10.3 Å². The number of amides is 1. The Morgan fingerprint density at radius 3 is 2.26 bits per heavy atom. The highest BCUT2D eigenvalue weighted by atomic mass is 32.1. The smallest absolute Gasteiger partial charge is 0.326 e. The number of nitrogens with zero attached hydrogens (tertiary/aromatic N) is 1. The minimum atomic E-state index is -1.22. The van der Waals surface area contributed by atoms with Crippen molar-refractivity contribution < 1.29 is 27.9 Å². The summed E-state index contributed by atoms with van der Waals surface area (Å²) in [4.78, 5) is 28.0. The summed E-state index contributed by atoms with van der Waals surface area (Å²) >= 11 is 1.18. The number of anilines is 2. The predicted molar refractivity (Wildman–Crippen MR) is 128 cm³/mol. The van der Waals surface area contributed by atoms with Crippen LogP contribution in [0.15, 0.2) is 54.6 Å². The van der Waals surface area contributed by atoms with E-state index in [4.69, 9.17) is 0 Å². The highest BCUT2D eigenvalue weighted by molar-refractivity contribution is 7.22. The fourth-order valence-electron chi connectivity index (χ4n) is 3.47. The van der Waals surface area contributed by atoms with Gasteiger partial charge in [0.2, 0.25) is 0 Å². The number of aromatic nitrogens is 1. The molecule has 0 aliphatic rings. The van der Waals surface area contributed by atoms with Crippen LogP contribution in [0.4, 0.5) is 24.0 Å². The lowest BCUT2D eigenvalue weighted by molar-refractivity contribution is -0.140. The van der Waals surface area contributed by atoms with Gasteiger partial charge in [-0.05, 0) is 59.5 Å². The summed E-state index contributed by atoms with van der Waals surface area (Å²) in [5, 5.41) is 14.8. The van der Waals surface area contributed by atoms with E-state index in [1.807, 2.05) is 0 Å². The Hall–Kier alpha value is -3.92. The number of carbonyl (C=O) groups is 2. The van der Waals surface area contributed by atoms with E-state index in [1.54, 1.807) is 19.9 Å². The molecule has 10 heteroatoms. The Morgan fingerprint density at radius 1 is 0.943 bits per heavy atom. The minimum Gasteiger partial charge on any atom is -0.480 e. The zero-order chi connectivity index (χ0) is 25.3. The van der Waals surface area contributed by atoms with Crippen LogP contribution < -0.4 is 10.6 Å². The maximum absolute atomic E-state index is 14.8. The first-order valence-corrected chi connectivity index (χ1v) is 11.4. The number of thiazole rings is 1. The number of carboxylic acid groups (broad SMARTS) is 1. The molecule has 1 amide bonds. The average Bonchev–Trinajstić information content (AvgIpc) is 3.19. The molecule has 1 heterocycles. The summed E-state index contributed by atoms with van der Waals surface area (Å²) in [7, 11) is 0. The standard InChI is InChI=1S/C25H20F3N3O3S/c1-12(2)22(24(33)34)31-23(32)16-6-3-13(9-17(16)27)14-4-7-19(18(28)10-14)29-25-30-20-8-5-15(26)11-21(20)35-25/h3-12,22H,1-2H3,(H,29,30)(H,31,32)(H,33,34)/t22-/m0/s1. The van der Waals surface area contributed by atoms with Gasteiger partial charge in [-0.3, -0.25) is 4.79 Å². The molecule has 0 saturated heterocycles. The van der Waals surface area contributed by atoms with Crippen LogP contribution >= 0.6 is 11.3 Å². The van der Waals surface area contributed by atoms with Crippen molar-refractivity contribution in [2.75, 3.05) is 5.32 Å². The van der Waals surface area contributed by atoms with Crippen molar-refractivity contribution in [2.24, 2.45) is 5.92 Å². The van der Waals surface area contributed by atoms with Crippen molar-refractivity contribution >= 4 is 44.2 Å². The first kappa shape index (κ1) is 24.2. The molecule has 3 N–H and O–H groups in total. The van der Waals surface area contributed by atoms with Gasteiger partial charge in [0.05, 0.1) is 21.5 Å². The topological polar surface area (TPSA) is 91.3 Å². The first-order chi connectivity index (χ1) is 16.6. The Bertz CT molecular complexity index is 1440. The molecule has 0 unspecified atom stereocenters. The molecule has 1 atom stereocenters. The van der Waals surface area contributed by atoms with E-state index in [0.29, 0.717) is 26.5 Å². The third kappa shape index (κ3) is 5.27. The molecule has 4 rings (SSSR count). The number of benzene rings is 3. The van der Waals surface area contributed by atoms with Gasteiger partial charge in [0, 0.05) is 0 Å². The molecule has 35 heavy (non-hydrogen) atoms. The molecule has 1 aromatic heterocycles. The summed E-state index contributed by atoms with van der Waals surface area (Å²) in [6, 6.07) is 11.0. The molecule has 6 nitrogen and oxygen atoms in total. The van der Waals surface area contributed by atoms with E-state index >= 15 is 0 Å². The van der Waals surface area contributed by atoms with Crippen molar-refractivity contribution in [2.45, 2.75) is 19.9 Å². The van der Waals surface area contributed by atoms with Crippen LogP contribution in [-0.4, -0.2) is 28.0 Å². The molecule has 0 bridgehead atoms. The Labute approximate surface area is 202 Å². The van der Waals surface area contributed by atoms with Gasteiger partial charge in [-0.1, -0.05) is 37.3 Å². The van der Waals surface area contributed by atoms with Gasteiger partial charge < -0.3 is 15.7 Å². The second-order valence-corrected chi connectivity index (χ2v) is 9.21. The van der Waals surface area contributed by atoms with Crippen molar-refractivity contribution in [3.05, 3.63) is 77.6 Å². The van der Waals surface area contributed by atoms with E-state index < -0.39 is 35.5 Å². The Balaban J connectivity index is 1.53. The second-order valence-electron chi connectivity index (χ2n) is 8.18. The fraction of sp³-hybridized carbons (Fsp3) is 0.160. The number of hydrogen-bond donors (Lipinski definition) is 3. The third-order valence-electron chi connectivity index (χ3n) is 5.33. The number of halogens is 3. The predicted octanol–water partition coefficient (Wildman–Crippen LogP) is 5.96. The summed E-state index contributed by atoms with van der Waals surface area (Å²) in [5.74, 6) is -4.32. The quantitative estimate of drug-likeness (QED) is 0.292. The third-order valence-corrected chi connectivity index (χ3v) is 6.26. The summed E-state index contributed by atoms with van der Waals surface area (Å²) in [5.41, 5.74) is 1.11. The monoisotopic (exact) mass is 499 g/mol. The number of aliphatic carboxylic acids is 1. The van der Waals surface area contributed by atoms with Gasteiger partial charge in [0.1, 0.15) is 23.5 Å². The van der Waals surface area contributed by atoms with Crippen LogP contribution in [0.5, 0.6) is 0 Å². The molecular formula is C25H20F3N3O3S. The summed E-state index contributed by atoms with van der Waals surface area (Å²) in [6.45, 7) is 3.25. The molecule has 0 aliphatic heterocycles. The normalized spacial score (nSPS) is 12.1. The lowest BCUT2D eigenvalue weighted by Crippen LogP contribution is -2.44. The van der Waals surface area contributed by atoms with Gasteiger partial charge in [0.15, 0.2) is 5.13 Å². The number of fused-ring (bicyclic) bond motifs is 1. The van der Waals surface area contributed by atoms with Crippen molar-refractivity contribution in [3.63, 3.8) is 0 Å². The van der Waals surface area contributed by atoms with Crippen LogP contribution in [0, 0.1) is 23.4 Å². The lowest BCUT2D eigenvalue weighted by atomic mass is 10.0. The largest absolute Gasteiger partial charge is 0.480 e. The maximum atomic E-state index is 14.8. The Kier molecular flexibility index (Phi) is 6.74. The minimum absolute atomic E-state index is 0.137. The van der Waals surface area contributed by atoms with Gasteiger partial charge in [-0.2, -0.15) is 0 Å². The number of nitrogens with one attached hydrogen (secondary N) is 2. The van der Waals surface area contributed by atoms with E-state index in [-0.39, 0.29) is 17.1 Å². The molecule has 4 aromatic rings. The van der Waals surface area contributed by atoms with E-state index in [9.17, 15) is 27.9 Å². The molecule has 0 spiro atoms. The van der Waals surface area contributed by atoms with E-state index in [0.717, 1.165) is 6.07 Å². The van der Waals surface area contributed by atoms with Gasteiger partial charge in [-0.25, -0.2) is 22.9 Å². The van der Waals surface area contributed by atoms with Gasteiger partial charge in [0.25, 0.3) is 5.91 Å². The zero-order valence-corrected chi connectivity index (χ0v) is 19.4. The molecule has 0 saturated carbocycles. The average molecular weight is 500 g/mol. The van der Waals surface area contributed by atoms with Crippen LogP contribution in [0.3, 0.4) is 0 Å². The van der Waals surface area contributed by atoms with E-state index in [1.165, 1.54) is 53.8 Å². The fourth-order valence-corrected chi connectivity index (χ4v) is 4.38. The van der Waals surface area contributed by atoms with E-state index in [2.05, 4.69) is 15.6 Å². The van der Waals surface area contributed by atoms with Crippen LogP contribution in [0.25, 0.3) is 21.3 Å². The van der Waals surface area contributed by atoms with Crippen LogP contribution in [0.1, 0.15) is 24.2 Å². The SMILES string of the molecule is CC(C)[C@H](NC(=O)c1ccc(-c2ccc(Nc3nc4ccc(F)cc4s3)c(F)c2)cc1F)C(=O)O. The maximum Gasteiger partial charge on any atom is 0.326 e. The first-order valence-electron chi connectivity index (χ1n) is 10.6.